The Hall–Kier alpha value is -3.37. The number of carbonyl (C=O) groups excluding carboxylic acids is 1. The predicted octanol–water partition coefficient (Wildman–Crippen LogP) is 2.14. The van der Waals surface area contributed by atoms with Gasteiger partial charge in [0.1, 0.15) is 29.5 Å². The second-order valence-electron chi connectivity index (χ2n) is 11.3. The molecule has 1 amide bonds. The summed E-state index contributed by atoms with van der Waals surface area (Å²) in [7, 11) is 4.13. The van der Waals surface area contributed by atoms with E-state index in [1.807, 2.05) is 29.8 Å². The zero-order valence-corrected chi connectivity index (χ0v) is 21.3. The monoisotopic (exact) mass is 500 g/mol. The van der Waals surface area contributed by atoms with Crippen LogP contribution in [0.15, 0.2) is 36.7 Å². The molecular formula is C27H32N8O2. The van der Waals surface area contributed by atoms with Crippen molar-refractivity contribution in [2.75, 3.05) is 43.6 Å². The Kier molecular flexibility index (Phi) is 5.30. The van der Waals surface area contributed by atoms with Gasteiger partial charge in [0.2, 0.25) is 0 Å². The molecule has 2 atom stereocenters. The van der Waals surface area contributed by atoms with Crippen LogP contribution in [-0.4, -0.2) is 81.0 Å². The van der Waals surface area contributed by atoms with Gasteiger partial charge in [-0.15, -0.1) is 10.2 Å². The van der Waals surface area contributed by atoms with Crippen molar-refractivity contribution >= 4 is 17.4 Å². The van der Waals surface area contributed by atoms with Gasteiger partial charge in [-0.1, -0.05) is 12.1 Å². The van der Waals surface area contributed by atoms with Crippen molar-refractivity contribution in [2.45, 2.75) is 49.1 Å². The fourth-order valence-corrected chi connectivity index (χ4v) is 6.03. The maximum absolute atomic E-state index is 13.5. The van der Waals surface area contributed by atoms with Gasteiger partial charge in [0.05, 0.1) is 13.2 Å². The molecule has 1 N–H and O–H groups in total. The SMILES string of the molecule is CN1CC2CC(C1)N2c1cc(C(=O)Nc2cccc(C3(Cc4nncn4C)COC3)c2)nc(C2CC2)n1. The number of piperazine rings is 1. The molecule has 0 spiro atoms. The average molecular weight is 501 g/mol. The van der Waals surface area contributed by atoms with Gasteiger partial charge in [-0.2, -0.15) is 0 Å². The molecular weight excluding hydrogens is 468 g/mol. The molecule has 5 fully saturated rings. The number of nitrogens with one attached hydrogen (secondary N) is 1. The third kappa shape index (κ3) is 4.08. The number of hydrogen-bond acceptors (Lipinski definition) is 8. The second-order valence-corrected chi connectivity index (χ2v) is 11.3. The number of carbonyl (C=O) groups is 1. The van der Waals surface area contributed by atoms with Crippen molar-refractivity contribution in [3.05, 3.63) is 59.6 Å². The highest BCUT2D eigenvalue weighted by molar-refractivity contribution is 6.03. The molecule has 192 valence electrons. The topological polar surface area (TPSA) is 101 Å². The summed E-state index contributed by atoms with van der Waals surface area (Å²) >= 11 is 0. The highest BCUT2D eigenvalue weighted by atomic mass is 16.5. The molecule has 8 rings (SSSR count). The summed E-state index contributed by atoms with van der Waals surface area (Å²) in [6.07, 6.45) is 5.84. The maximum atomic E-state index is 13.5. The van der Waals surface area contributed by atoms with Gasteiger partial charge < -0.3 is 24.4 Å². The first-order valence-electron chi connectivity index (χ1n) is 13.2. The van der Waals surface area contributed by atoms with E-state index in [2.05, 4.69) is 44.5 Å². The molecule has 1 aromatic carbocycles. The molecule has 37 heavy (non-hydrogen) atoms. The predicted molar refractivity (Wildman–Crippen MR) is 138 cm³/mol. The molecule has 10 heteroatoms. The van der Waals surface area contributed by atoms with E-state index in [-0.39, 0.29) is 11.3 Å². The van der Waals surface area contributed by atoms with Crippen molar-refractivity contribution < 1.29 is 9.53 Å². The third-order valence-corrected chi connectivity index (χ3v) is 8.34. The van der Waals surface area contributed by atoms with Crippen LogP contribution in [0.5, 0.6) is 0 Å². The van der Waals surface area contributed by atoms with Gasteiger partial charge in [-0.05, 0) is 44.0 Å². The lowest BCUT2D eigenvalue weighted by Gasteiger charge is -2.56. The molecule has 5 aliphatic rings. The molecule has 4 aliphatic heterocycles. The van der Waals surface area contributed by atoms with Crippen molar-refractivity contribution in [2.24, 2.45) is 7.05 Å². The number of aromatic nitrogens is 5. The van der Waals surface area contributed by atoms with Crippen molar-refractivity contribution in [1.29, 1.82) is 0 Å². The average Bonchev–Trinajstić information content (AvgIpc) is 3.63. The lowest BCUT2D eigenvalue weighted by Crippen LogP contribution is -2.68. The number of rotatable bonds is 7. The van der Waals surface area contributed by atoms with Crippen LogP contribution in [0.4, 0.5) is 11.5 Å². The highest BCUT2D eigenvalue weighted by Gasteiger charge is 2.45. The summed E-state index contributed by atoms with van der Waals surface area (Å²) in [5, 5.41) is 11.4. The zero-order valence-electron chi connectivity index (χ0n) is 21.3. The second kappa shape index (κ2) is 8.59. The number of piperidine rings is 1. The van der Waals surface area contributed by atoms with Crippen molar-refractivity contribution in [3.63, 3.8) is 0 Å². The number of anilines is 2. The van der Waals surface area contributed by atoms with Gasteiger partial charge in [-0.3, -0.25) is 4.79 Å². The minimum Gasteiger partial charge on any atom is -0.379 e. The summed E-state index contributed by atoms with van der Waals surface area (Å²) in [6.45, 7) is 3.30. The van der Waals surface area contributed by atoms with E-state index in [9.17, 15) is 4.79 Å². The Morgan fingerprint density at radius 1 is 1.14 bits per heavy atom. The highest BCUT2D eigenvalue weighted by Crippen LogP contribution is 2.41. The lowest BCUT2D eigenvalue weighted by atomic mass is 9.75. The minimum atomic E-state index is -0.197. The summed E-state index contributed by atoms with van der Waals surface area (Å²) in [5.41, 5.74) is 2.14. The molecule has 10 nitrogen and oxygen atoms in total. The number of ether oxygens (including phenoxy) is 1. The van der Waals surface area contributed by atoms with Gasteiger partial charge in [-0.25, -0.2) is 9.97 Å². The number of fused-ring (bicyclic) bond motifs is 2. The third-order valence-electron chi connectivity index (χ3n) is 8.34. The molecule has 2 bridgehead atoms. The van der Waals surface area contributed by atoms with Gasteiger partial charge >= 0.3 is 0 Å². The Balaban J connectivity index is 1.13. The number of benzene rings is 1. The van der Waals surface area contributed by atoms with Gasteiger partial charge in [0, 0.05) is 61.7 Å². The standard InChI is InChI=1S/C27H32N8O2/c1-33-12-20-9-21(13-33)35(20)23-10-22(30-25(31-23)17-6-7-17)26(36)29-19-5-3-4-18(8-19)27(14-37-15-27)11-24-32-28-16-34(24)2/h3-5,8,10,16-17,20-21H,6-7,9,11-15H2,1-2H3,(H,29,36). The number of hydrogen-bond donors (Lipinski definition) is 1. The summed E-state index contributed by atoms with van der Waals surface area (Å²) in [5.74, 6) is 2.81. The van der Waals surface area contributed by atoms with Crippen LogP contribution in [0.2, 0.25) is 0 Å². The quantitative estimate of drug-likeness (QED) is 0.527. The number of nitrogens with zero attached hydrogens (tertiary/aromatic N) is 7. The van der Waals surface area contributed by atoms with Crippen LogP contribution < -0.4 is 10.2 Å². The van der Waals surface area contributed by atoms with E-state index < -0.39 is 0 Å². The first-order valence-corrected chi connectivity index (χ1v) is 13.2. The molecule has 0 radical (unpaired) electrons. The lowest BCUT2D eigenvalue weighted by molar-refractivity contribution is -0.0610. The van der Waals surface area contributed by atoms with E-state index in [4.69, 9.17) is 14.7 Å². The normalized spacial score (nSPS) is 24.3. The Bertz CT molecular complexity index is 1340. The van der Waals surface area contributed by atoms with E-state index in [0.717, 1.165) is 61.1 Å². The van der Waals surface area contributed by atoms with Gasteiger partial charge in [0.25, 0.3) is 5.91 Å². The van der Waals surface area contributed by atoms with Crippen LogP contribution in [-0.2, 0) is 23.6 Å². The fraction of sp³-hybridized carbons (Fsp3) is 0.519. The number of amides is 1. The first kappa shape index (κ1) is 22.8. The Morgan fingerprint density at radius 2 is 1.95 bits per heavy atom. The smallest absolute Gasteiger partial charge is 0.274 e. The molecule has 4 saturated heterocycles. The number of aryl methyl sites for hydroxylation is 1. The molecule has 1 aliphatic carbocycles. The summed E-state index contributed by atoms with van der Waals surface area (Å²) in [4.78, 5) is 27.9. The molecule has 2 aromatic heterocycles. The molecule has 1 saturated carbocycles. The van der Waals surface area contributed by atoms with Crippen LogP contribution in [0.25, 0.3) is 0 Å². The fourth-order valence-electron chi connectivity index (χ4n) is 6.03. The van der Waals surface area contributed by atoms with Crippen LogP contribution >= 0.6 is 0 Å². The minimum absolute atomic E-state index is 0.175. The van der Waals surface area contributed by atoms with Crippen molar-refractivity contribution in [1.82, 2.24) is 29.6 Å². The van der Waals surface area contributed by atoms with Crippen LogP contribution in [0.1, 0.15) is 52.9 Å². The van der Waals surface area contributed by atoms with Gasteiger partial charge in [0.15, 0.2) is 0 Å². The van der Waals surface area contributed by atoms with Crippen LogP contribution in [0, 0.1) is 0 Å². The Labute approximate surface area is 216 Å². The molecule has 2 unspecified atom stereocenters. The Morgan fingerprint density at radius 3 is 2.62 bits per heavy atom. The largest absolute Gasteiger partial charge is 0.379 e. The van der Waals surface area contributed by atoms with E-state index in [1.54, 1.807) is 6.33 Å². The van der Waals surface area contributed by atoms with Crippen LogP contribution in [0.3, 0.4) is 0 Å². The maximum Gasteiger partial charge on any atom is 0.274 e. The summed E-state index contributed by atoms with van der Waals surface area (Å²) in [6, 6.07) is 10.9. The first-order chi connectivity index (χ1) is 18.0. The summed E-state index contributed by atoms with van der Waals surface area (Å²) < 4.78 is 7.58. The van der Waals surface area contributed by atoms with E-state index in [1.165, 1.54) is 6.42 Å². The molecule has 3 aromatic rings. The van der Waals surface area contributed by atoms with Crippen molar-refractivity contribution in [3.8, 4) is 0 Å². The van der Waals surface area contributed by atoms with E-state index >= 15 is 0 Å². The van der Waals surface area contributed by atoms with E-state index in [0.29, 0.717) is 36.9 Å². The number of likely N-dealkylation sites (N-methyl/N-ethyl adjacent to an activating group) is 1. The molecule has 6 heterocycles. The zero-order chi connectivity index (χ0) is 25.1.